The summed E-state index contributed by atoms with van der Waals surface area (Å²) in [5, 5.41) is 0. The molecule has 516 valence electrons. The Morgan fingerprint density at radius 1 is 0.344 bits per heavy atom. The van der Waals surface area contributed by atoms with Gasteiger partial charge in [-0.15, -0.1) is 0 Å². The second kappa shape index (κ2) is 69.5. The monoisotopic (exact) mass is 1270 g/mol. The number of carbonyl (C=O) groups excluding carboxylic acids is 2. The molecule has 2 unspecified atom stereocenters. The summed E-state index contributed by atoms with van der Waals surface area (Å²) in [6, 6.07) is 0. The van der Waals surface area contributed by atoms with E-state index in [2.05, 4.69) is 148 Å². The highest BCUT2D eigenvalue weighted by atomic mass is 31.2. The van der Waals surface area contributed by atoms with Crippen LogP contribution in [0.2, 0.25) is 0 Å². The number of hydrogen-bond acceptors (Lipinski definition) is 7. The SMILES string of the molecule is CC/C=C\C/C=C\C/C=C\C/C=C\C/C=C\C/C=C\CCCCCCCCC(=O)OC(COC(=O)CCCCCCCCCCCCCCCCCCCCCCCCCCC/C=C\C/C=C\C/C=C\C/C=C\C/C=C\CC)COP(=O)(O)OCC[N+](C)(C)C. The Balaban J connectivity index is 3.97. The Morgan fingerprint density at radius 3 is 0.889 bits per heavy atom. The Kier molecular flexibility index (Phi) is 66.5. The van der Waals surface area contributed by atoms with Crippen LogP contribution in [0, 0.1) is 0 Å². The molecule has 0 radical (unpaired) electrons. The van der Waals surface area contributed by atoms with Crippen LogP contribution in [0.1, 0.15) is 309 Å². The van der Waals surface area contributed by atoms with Crippen LogP contribution in [-0.2, 0) is 32.7 Å². The molecule has 0 aromatic heterocycles. The van der Waals surface area contributed by atoms with Gasteiger partial charge in [-0.3, -0.25) is 18.6 Å². The van der Waals surface area contributed by atoms with E-state index >= 15 is 0 Å². The molecule has 0 rings (SSSR count). The molecule has 0 saturated heterocycles. The van der Waals surface area contributed by atoms with Crippen molar-refractivity contribution in [2.75, 3.05) is 47.5 Å². The maximum atomic E-state index is 12.9. The number of phosphoric ester groups is 1. The maximum Gasteiger partial charge on any atom is 0.472 e. The van der Waals surface area contributed by atoms with Crippen molar-refractivity contribution >= 4 is 19.8 Å². The number of nitrogens with zero attached hydrogens (tertiary/aromatic N) is 1. The average molecular weight is 1270 g/mol. The largest absolute Gasteiger partial charge is 0.472 e. The summed E-state index contributed by atoms with van der Waals surface area (Å²) in [7, 11) is 1.46. The molecule has 0 aromatic carbocycles. The van der Waals surface area contributed by atoms with Gasteiger partial charge < -0.3 is 18.9 Å². The Morgan fingerprint density at radius 2 is 0.600 bits per heavy atom. The van der Waals surface area contributed by atoms with Crippen LogP contribution >= 0.6 is 7.82 Å². The zero-order valence-electron chi connectivity index (χ0n) is 58.8. The lowest BCUT2D eigenvalue weighted by molar-refractivity contribution is -0.870. The topological polar surface area (TPSA) is 108 Å². The molecule has 0 bridgehead atoms. The van der Waals surface area contributed by atoms with Crippen molar-refractivity contribution in [2.45, 2.75) is 315 Å². The molecule has 90 heavy (non-hydrogen) atoms. The number of esters is 2. The van der Waals surface area contributed by atoms with Crippen molar-refractivity contribution in [1.29, 1.82) is 0 Å². The van der Waals surface area contributed by atoms with Crippen molar-refractivity contribution in [3.8, 4) is 0 Å². The van der Waals surface area contributed by atoms with E-state index in [1.54, 1.807) is 0 Å². The van der Waals surface area contributed by atoms with Crippen molar-refractivity contribution in [3.63, 3.8) is 0 Å². The number of unbranched alkanes of at least 4 members (excludes halogenated alkanes) is 31. The van der Waals surface area contributed by atoms with Crippen molar-refractivity contribution in [3.05, 3.63) is 134 Å². The molecule has 9 nitrogen and oxygen atoms in total. The fraction of sp³-hybridized carbons (Fsp3) is 0.700. The van der Waals surface area contributed by atoms with Crippen molar-refractivity contribution in [2.24, 2.45) is 0 Å². The van der Waals surface area contributed by atoms with E-state index < -0.39 is 26.5 Å². The number of likely N-dealkylation sites (N-methyl/N-ethyl adjacent to an activating group) is 1. The lowest BCUT2D eigenvalue weighted by atomic mass is 10.0. The first-order valence-electron chi connectivity index (χ1n) is 36.9. The van der Waals surface area contributed by atoms with E-state index in [1.807, 2.05) is 21.1 Å². The lowest BCUT2D eigenvalue weighted by Crippen LogP contribution is -2.37. The zero-order valence-corrected chi connectivity index (χ0v) is 59.7. The number of rotatable bonds is 67. The highest BCUT2D eigenvalue weighted by Crippen LogP contribution is 2.43. The first kappa shape index (κ1) is 86.2. The molecule has 0 heterocycles. The molecule has 0 aromatic rings. The lowest BCUT2D eigenvalue weighted by Gasteiger charge is -2.24. The fourth-order valence-corrected chi connectivity index (χ4v) is 10.8. The van der Waals surface area contributed by atoms with Gasteiger partial charge in [-0.05, 0) is 109 Å². The maximum absolute atomic E-state index is 12.9. The standard InChI is InChI=1S/C80H138NO8P/c1-6-8-10-12-14-16-18-20-22-24-26-28-30-32-33-34-35-36-37-38-39-40-41-42-43-44-45-46-47-49-50-52-54-56-58-60-62-64-66-68-70-72-79(82)86-76-78(77-88-90(84,85)87-75-74-81(3,4)5)89-80(83)73-71-69-67-65-63-61-59-57-55-53-51-48-31-29-27-25-23-21-19-17-15-13-11-9-7-2/h8-11,14-17,20-23,26-29,32-33,48,51,55,57,78H,6-7,12-13,18-19,24-25,30-31,34-47,49-50,52-54,56,58-77H2,1-5H3/p+1/b10-8-,11-9-,16-14-,17-15-,22-20-,23-21-,28-26-,29-27-,33-32-,51-48-,57-55-. The number of quaternary nitrogens is 1. The summed E-state index contributed by atoms with van der Waals surface area (Å²) in [6.45, 7) is 4.21. The number of allylic oxidation sites excluding steroid dienone is 22. The molecule has 2 atom stereocenters. The van der Waals surface area contributed by atoms with Crippen LogP contribution in [0.25, 0.3) is 0 Å². The third-order valence-corrected chi connectivity index (χ3v) is 16.7. The predicted molar refractivity (Wildman–Crippen MR) is 390 cm³/mol. The average Bonchev–Trinajstić information content (AvgIpc) is 3.58. The van der Waals surface area contributed by atoms with Gasteiger partial charge in [0.1, 0.15) is 19.8 Å². The van der Waals surface area contributed by atoms with Crippen molar-refractivity contribution in [1.82, 2.24) is 0 Å². The van der Waals surface area contributed by atoms with Crippen molar-refractivity contribution < 1.29 is 42.1 Å². The molecule has 0 spiro atoms. The van der Waals surface area contributed by atoms with Gasteiger partial charge in [0.25, 0.3) is 0 Å². The van der Waals surface area contributed by atoms with E-state index in [-0.39, 0.29) is 32.0 Å². The normalized spacial score (nSPS) is 13.9. The Bertz CT molecular complexity index is 1980. The number of phosphoric acid groups is 1. The van der Waals surface area contributed by atoms with Crippen LogP contribution in [-0.4, -0.2) is 74.9 Å². The first-order chi connectivity index (χ1) is 44.0. The minimum atomic E-state index is -4.40. The molecule has 0 fully saturated rings. The second-order valence-electron chi connectivity index (χ2n) is 25.6. The van der Waals surface area contributed by atoms with Crippen LogP contribution in [0.15, 0.2) is 134 Å². The molecule has 0 amide bonds. The van der Waals surface area contributed by atoms with Crippen LogP contribution in [0.3, 0.4) is 0 Å². The summed E-state index contributed by atoms with van der Waals surface area (Å²) in [4.78, 5) is 35.9. The summed E-state index contributed by atoms with van der Waals surface area (Å²) in [5.74, 6) is -0.810. The van der Waals surface area contributed by atoms with E-state index in [1.165, 1.54) is 148 Å². The van der Waals surface area contributed by atoms with E-state index in [0.29, 0.717) is 17.4 Å². The van der Waals surface area contributed by atoms with E-state index in [4.69, 9.17) is 18.5 Å². The van der Waals surface area contributed by atoms with Gasteiger partial charge in [0, 0.05) is 12.8 Å². The molecule has 1 N–H and O–H groups in total. The fourth-order valence-electron chi connectivity index (χ4n) is 10.1. The number of ether oxygens (including phenoxy) is 2. The third-order valence-electron chi connectivity index (χ3n) is 15.7. The van der Waals surface area contributed by atoms with Crippen LogP contribution in [0.4, 0.5) is 0 Å². The molecular formula is C80H139NO8P+. The van der Waals surface area contributed by atoms with Gasteiger partial charge in [0.05, 0.1) is 27.7 Å². The summed E-state index contributed by atoms with van der Waals surface area (Å²) >= 11 is 0. The molecule has 10 heteroatoms. The Hall–Kier alpha value is -3.85. The number of carbonyl (C=O) groups is 2. The van der Waals surface area contributed by atoms with Crippen LogP contribution < -0.4 is 0 Å². The summed E-state index contributed by atoms with van der Waals surface area (Å²) < 4.78 is 34.7. The number of hydrogen-bond donors (Lipinski definition) is 1. The highest BCUT2D eigenvalue weighted by Gasteiger charge is 2.27. The van der Waals surface area contributed by atoms with Crippen LogP contribution in [0.5, 0.6) is 0 Å². The molecule has 0 aliphatic heterocycles. The smallest absolute Gasteiger partial charge is 0.462 e. The van der Waals surface area contributed by atoms with E-state index in [9.17, 15) is 19.0 Å². The van der Waals surface area contributed by atoms with Gasteiger partial charge in [-0.2, -0.15) is 0 Å². The Labute approximate surface area is 555 Å². The predicted octanol–water partition coefficient (Wildman–Crippen LogP) is 24.4. The molecule has 0 aliphatic rings. The van der Waals surface area contributed by atoms with E-state index in [0.717, 1.165) is 128 Å². The minimum Gasteiger partial charge on any atom is -0.462 e. The first-order valence-corrected chi connectivity index (χ1v) is 38.4. The summed E-state index contributed by atoms with van der Waals surface area (Å²) in [6.07, 6.45) is 102. The quantitative estimate of drug-likeness (QED) is 0.0211. The molecule has 0 aliphatic carbocycles. The van der Waals surface area contributed by atoms with Gasteiger partial charge >= 0.3 is 19.8 Å². The zero-order chi connectivity index (χ0) is 65.5. The summed E-state index contributed by atoms with van der Waals surface area (Å²) in [5.41, 5.74) is 0. The van der Waals surface area contributed by atoms with Gasteiger partial charge in [0.2, 0.25) is 0 Å². The second-order valence-corrected chi connectivity index (χ2v) is 27.0. The van der Waals surface area contributed by atoms with Gasteiger partial charge in [0.15, 0.2) is 6.10 Å². The molecular weight excluding hydrogens is 1130 g/mol. The van der Waals surface area contributed by atoms with Gasteiger partial charge in [-0.25, -0.2) is 4.57 Å². The minimum absolute atomic E-state index is 0.0241. The molecule has 0 saturated carbocycles. The third kappa shape index (κ3) is 73.2. The highest BCUT2D eigenvalue weighted by molar-refractivity contribution is 7.47. The van der Waals surface area contributed by atoms with Gasteiger partial charge in [-0.1, -0.05) is 321 Å².